The van der Waals surface area contributed by atoms with Crippen molar-refractivity contribution in [3.8, 4) is 11.1 Å². The highest BCUT2D eigenvalue weighted by Gasteiger charge is 2.07. The minimum absolute atomic E-state index is 0.730. The number of nitrogens with two attached hydrogens (primary N) is 2. The number of alkyl halides is 1. The van der Waals surface area contributed by atoms with E-state index < -0.39 is 0 Å². The van der Waals surface area contributed by atoms with E-state index in [-0.39, 0.29) is 0 Å². The van der Waals surface area contributed by atoms with Gasteiger partial charge in [0.05, 0.1) is 0 Å². The van der Waals surface area contributed by atoms with Crippen LogP contribution in [0.2, 0.25) is 0 Å². The van der Waals surface area contributed by atoms with Gasteiger partial charge < -0.3 is 11.5 Å². The van der Waals surface area contributed by atoms with E-state index in [9.17, 15) is 0 Å². The molecule has 2 rings (SSSR count). The molecule has 16 heavy (non-hydrogen) atoms. The summed E-state index contributed by atoms with van der Waals surface area (Å²) in [6, 6.07) is 13.7. The Kier molecular flexibility index (Phi) is 3.15. The molecule has 0 aromatic heterocycles. The Balaban J connectivity index is 2.62. The lowest BCUT2D eigenvalue weighted by Gasteiger charge is -2.10. The number of benzene rings is 2. The molecule has 0 aliphatic carbocycles. The van der Waals surface area contributed by atoms with E-state index in [1.165, 1.54) is 5.56 Å². The fraction of sp³-hybridized carbons (Fsp3) is 0.0769. The second kappa shape index (κ2) is 4.58. The van der Waals surface area contributed by atoms with Crippen molar-refractivity contribution in [3.05, 3.63) is 48.0 Å². The lowest BCUT2D eigenvalue weighted by atomic mass is 9.99. The van der Waals surface area contributed by atoms with Crippen LogP contribution in [0.1, 0.15) is 5.56 Å². The monoisotopic (exact) mass is 276 g/mol. The van der Waals surface area contributed by atoms with Gasteiger partial charge in [-0.15, -0.1) is 0 Å². The lowest BCUT2D eigenvalue weighted by Crippen LogP contribution is -1.95. The number of hydrogen-bond donors (Lipinski definition) is 2. The Morgan fingerprint density at radius 3 is 2.44 bits per heavy atom. The number of halogens is 1. The Bertz CT molecular complexity index is 509. The van der Waals surface area contributed by atoms with Gasteiger partial charge in [0.2, 0.25) is 0 Å². The van der Waals surface area contributed by atoms with Crippen LogP contribution in [-0.4, -0.2) is 0 Å². The van der Waals surface area contributed by atoms with E-state index in [0.717, 1.165) is 27.8 Å². The van der Waals surface area contributed by atoms with Gasteiger partial charge in [-0.25, -0.2) is 0 Å². The zero-order chi connectivity index (χ0) is 11.5. The summed E-state index contributed by atoms with van der Waals surface area (Å²) in [5.74, 6) is 0. The molecule has 0 bridgehead atoms. The van der Waals surface area contributed by atoms with Crippen molar-refractivity contribution in [1.29, 1.82) is 0 Å². The predicted octanol–water partition coefficient (Wildman–Crippen LogP) is 3.41. The summed E-state index contributed by atoms with van der Waals surface area (Å²) in [4.78, 5) is 0. The zero-order valence-electron chi connectivity index (χ0n) is 8.78. The molecule has 0 radical (unpaired) electrons. The zero-order valence-corrected chi connectivity index (χ0v) is 10.4. The molecular formula is C13H13BrN2. The van der Waals surface area contributed by atoms with E-state index in [1.54, 1.807) is 0 Å². The van der Waals surface area contributed by atoms with Crippen LogP contribution in [0, 0.1) is 0 Å². The SMILES string of the molecule is Nc1ccc(N)c(-c2ccccc2CBr)c1. The van der Waals surface area contributed by atoms with Crippen molar-refractivity contribution in [2.45, 2.75) is 5.33 Å². The summed E-state index contributed by atoms with van der Waals surface area (Å²) >= 11 is 3.48. The maximum atomic E-state index is 5.97. The van der Waals surface area contributed by atoms with Gasteiger partial charge in [-0.3, -0.25) is 0 Å². The molecule has 0 fully saturated rings. The van der Waals surface area contributed by atoms with Gasteiger partial charge in [-0.2, -0.15) is 0 Å². The Morgan fingerprint density at radius 1 is 0.938 bits per heavy atom. The van der Waals surface area contributed by atoms with Gasteiger partial charge >= 0.3 is 0 Å². The van der Waals surface area contributed by atoms with Crippen molar-refractivity contribution < 1.29 is 0 Å². The highest BCUT2D eigenvalue weighted by molar-refractivity contribution is 9.08. The Hall–Kier alpha value is -1.48. The summed E-state index contributed by atoms with van der Waals surface area (Å²) in [7, 11) is 0. The van der Waals surface area contributed by atoms with Crippen LogP contribution in [-0.2, 0) is 5.33 Å². The van der Waals surface area contributed by atoms with Gasteiger partial charge in [-0.05, 0) is 29.3 Å². The first kappa shape index (κ1) is 11.0. The second-order valence-corrected chi connectivity index (χ2v) is 4.20. The fourth-order valence-corrected chi connectivity index (χ4v) is 2.20. The fourth-order valence-electron chi connectivity index (χ4n) is 1.71. The van der Waals surface area contributed by atoms with Crippen LogP contribution in [0.5, 0.6) is 0 Å². The van der Waals surface area contributed by atoms with Crippen molar-refractivity contribution in [1.82, 2.24) is 0 Å². The molecular weight excluding hydrogens is 264 g/mol. The smallest absolute Gasteiger partial charge is 0.0395 e. The summed E-state index contributed by atoms with van der Waals surface area (Å²) in [5, 5.41) is 0.803. The van der Waals surface area contributed by atoms with Crippen LogP contribution < -0.4 is 11.5 Å². The maximum Gasteiger partial charge on any atom is 0.0395 e. The van der Waals surface area contributed by atoms with Gasteiger partial charge in [0, 0.05) is 22.3 Å². The molecule has 0 heterocycles. The summed E-state index contributed by atoms with van der Waals surface area (Å²) < 4.78 is 0. The topological polar surface area (TPSA) is 52.0 Å². The van der Waals surface area contributed by atoms with E-state index in [4.69, 9.17) is 11.5 Å². The highest BCUT2D eigenvalue weighted by Crippen LogP contribution is 2.31. The van der Waals surface area contributed by atoms with Gasteiger partial charge in [0.25, 0.3) is 0 Å². The molecule has 0 amide bonds. The summed E-state index contributed by atoms with van der Waals surface area (Å²) in [6.45, 7) is 0. The number of anilines is 2. The standard InChI is InChI=1S/C13H13BrN2/c14-8-9-3-1-2-4-11(9)12-7-10(15)5-6-13(12)16/h1-7H,8,15-16H2. The molecule has 0 aliphatic heterocycles. The van der Waals surface area contributed by atoms with Gasteiger partial charge in [0.1, 0.15) is 0 Å². The van der Waals surface area contributed by atoms with E-state index in [2.05, 4.69) is 28.1 Å². The first-order valence-electron chi connectivity index (χ1n) is 5.01. The van der Waals surface area contributed by atoms with Crippen LogP contribution in [0.4, 0.5) is 11.4 Å². The molecule has 0 saturated carbocycles. The molecule has 0 spiro atoms. The summed E-state index contributed by atoms with van der Waals surface area (Å²) in [6.07, 6.45) is 0. The second-order valence-electron chi connectivity index (χ2n) is 3.64. The summed E-state index contributed by atoms with van der Waals surface area (Å²) in [5.41, 5.74) is 16.6. The van der Waals surface area contributed by atoms with E-state index in [0.29, 0.717) is 0 Å². The van der Waals surface area contributed by atoms with Gasteiger partial charge in [0.15, 0.2) is 0 Å². The lowest BCUT2D eigenvalue weighted by molar-refractivity contribution is 1.43. The molecule has 0 saturated heterocycles. The highest BCUT2D eigenvalue weighted by atomic mass is 79.9. The largest absolute Gasteiger partial charge is 0.399 e. The molecule has 0 atom stereocenters. The first-order chi connectivity index (χ1) is 7.72. The Labute approximate surface area is 103 Å². The minimum Gasteiger partial charge on any atom is -0.399 e. The van der Waals surface area contributed by atoms with Crippen LogP contribution in [0.25, 0.3) is 11.1 Å². The molecule has 4 N–H and O–H groups in total. The quantitative estimate of drug-likeness (QED) is 0.652. The third-order valence-electron chi connectivity index (χ3n) is 2.53. The van der Waals surface area contributed by atoms with E-state index in [1.807, 2.05) is 30.3 Å². The average Bonchev–Trinajstić information content (AvgIpc) is 2.32. The van der Waals surface area contributed by atoms with Crippen molar-refractivity contribution >= 4 is 27.3 Å². The first-order valence-corrected chi connectivity index (χ1v) is 6.14. The molecule has 0 unspecified atom stereocenters. The molecule has 0 aliphatic rings. The van der Waals surface area contributed by atoms with Gasteiger partial charge in [-0.1, -0.05) is 40.2 Å². The number of hydrogen-bond acceptors (Lipinski definition) is 2. The minimum atomic E-state index is 0.730. The molecule has 82 valence electrons. The average molecular weight is 277 g/mol. The third kappa shape index (κ3) is 2.04. The molecule has 2 nitrogen and oxygen atoms in total. The predicted molar refractivity (Wildman–Crippen MR) is 73.3 cm³/mol. The Morgan fingerprint density at radius 2 is 1.69 bits per heavy atom. The van der Waals surface area contributed by atoms with E-state index >= 15 is 0 Å². The normalized spacial score (nSPS) is 10.3. The molecule has 2 aromatic carbocycles. The van der Waals surface area contributed by atoms with Crippen LogP contribution in [0.15, 0.2) is 42.5 Å². The van der Waals surface area contributed by atoms with Crippen LogP contribution in [0.3, 0.4) is 0 Å². The van der Waals surface area contributed by atoms with Crippen molar-refractivity contribution in [2.24, 2.45) is 0 Å². The van der Waals surface area contributed by atoms with Crippen molar-refractivity contribution in [2.75, 3.05) is 11.5 Å². The number of rotatable bonds is 2. The maximum absolute atomic E-state index is 5.97. The molecule has 2 aromatic rings. The van der Waals surface area contributed by atoms with Crippen LogP contribution >= 0.6 is 15.9 Å². The third-order valence-corrected chi connectivity index (χ3v) is 3.13. The number of nitrogen functional groups attached to an aromatic ring is 2. The molecule has 3 heteroatoms. The van der Waals surface area contributed by atoms with Crippen molar-refractivity contribution in [3.63, 3.8) is 0 Å².